The SMILES string of the molecule is CCc1ccc(OCn2cc(NC(=O)c3ccn(Cn4nc(C)cc4C)n3)cn2)cc1. The van der Waals surface area contributed by atoms with Crippen LogP contribution in [-0.4, -0.2) is 35.2 Å². The molecule has 0 bridgehead atoms. The monoisotopic (exact) mass is 419 g/mol. The number of nitrogens with zero attached hydrogens (tertiary/aromatic N) is 6. The number of anilines is 1. The molecule has 0 atom stereocenters. The van der Waals surface area contributed by atoms with Gasteiger partial charge >= 0.3 is 0 Å². The molecule has 1 N–H and O–H groups in total. The van der Waals surface area contributed by atoms with Gasteiger partial charge in [-0.05, 0) is 50.1 Å². The lowest BCUT2D eigenvalue weighted by molar-refractivity contribution is 0.102. The molecule has 1 amide bonds. The zero-order valence-corrected chi connectivity index (χ0v) is 17.8. The Kier molecular flexibility index (Phi) is 5.83. The fraction of sp³-hybridized carbons (Fsp3) is 0.273. The Bertz CT molecular complexity index is 1170. The van der Waals surface area contributed by atoms with Gasteiger partial charge in [-0.3, -0.25) is 9.48 Å². The predicted octanol–water partition coefficient (Wildman–Crippen LogP) is 3.25. The maximum absolute atomic E-state index is 12.5. The number of carbonyl (C=O) groups excluding carboxylic acids is 1. The number of aryl methyl sites for hydroxylation is 3. The average Bonchev–Trinajstić information content (AvgIpc) is 3.48. The van der Waals surface area contributed by atoms with E-state index in [2.05, 4.69) is 27.5 Å². The molecule has 31 heavy (non-hydrogen) atoms. The molecule has 3 heterocycles. The number of hydrogen-bond donors (Lipinski definition) is 1. The maximum Gasteiger partial charge on any atom is 0.276 e. The number of ether oxygens (including phenoxy) is 1. The first-order valence-electron chi connectivity index (χ1n) is 10.1. The van der Waals surface area contributed by atoms with Crippen LogP contribution in [0.2, 0.25) is 0 Å². The van der Waals surface area contributed by atoms with Crippen molar-refractivity contribution in [1.29, 1.82) is 0 Å². The minimum atomic E-state index is -0.303. The van der Waals surface area contributed by atoms with E-state index in [0.29, 0.717) is 18.1 Å². The lowest BCUT2D eigenvalue weighted by Gasteiger charge is -2.06. The molecule has 1 aromatic carbocycles. The second-order valence-electron chi connectivity index (χ2n) is 7.30. The summed E-state index contributed by atoms with van der Waals surface area (Å²) in [5.74, 6) is 0.467. The normalized spacial score (nSPS) is 10.9. The Labute approximate surface area is 180 Å². The van der Waals surface area contributed by atoms with Gasteiger partial charge in [0.05, 0.1) is 23.8 Å². The van der Waals surface area contributed by atoms with Crippen LogP contribution in [0.25, 0.3) is 0 Å². The third-order valence-corrected chi connectivity index (χ3v) is 4.84. The van der Waals surface area contributed by atoms with Gasteiger partial charge < -0.3 is 10.1 Å². The summed E-state index contributed by atoms with van der Waals surface area (Å²) < 4.78 is 10.9. The topological polar surface area (TPSA) is 91.8 Å². The smallest absolute Gasteiger partial charge is 0.276 e. The predicted molar refractivity (Wildman–Crippen MR) is 116 cm³/mol. The van der Waals surface area contributed by atoms with E-state index in [1.165, 1.54) is 5.56 Å². The Balaban J connectivity index is 1.32. The number of aromatic nitrogens is 6. The summed E-state index contributed by atoms with van der Waals surface area (Å²) in [6.07, 6.45) is 6.04. The van der Waals surface area contributed by atoms with Gasteiger partial charge in [0.2, 0.25) is 0 Å². The molecule has 0 aliphatic rings. The van der Waals surface area contributed by atoms with Crippen molar-refractivity contribution in [3.8, 4) is 5.75 Å². The number of rotatable bonds is 8. The van der Waals surface area contributed by atoms with Crippen LogP contribution in [0.3, 0.4) is 0 Å². The van der Waals surface area contributed by atoms with Crippen molar-refractivity contribution in [2.75, 3.05) is 5.32 Å². The summed E-state index contributed by atoms with van der Waals surface area (Å²) in [5, 5.41) is 15.8. The molecule has 4 rings (SSSR count). The molecular weight excluding hydrogens is 394 g/mol. The fourth-order valence-electron chi connectivity index (χ4n) is 3.17. The van der Waals surface area contributed by atoms with E-state index in [1.807, 2.05) is 48.9 Å². The summed E-state index contributed by atoms with van der Waals surface area (Å²) in [6, 6.07) is 11.6. The first-order chi connectivity index (χ1) is 15.0. The summed E-state index contributed by atoms with van der Waals surface area (Å²) >= 11 is 0. The van der Waals surface area contributed by atoms with Gasteiger partial charge in [-0.1, -0.05) is 19.1 Å². The molecule has 0 unspecified atom stereocenters. The Morgan fingerprint density at radius 2 is 1.90 bits per heavy atom. The van der Waals surface area contributed by atoms with Crippen LogP contribution < -0.4 is 10.1 Å². The first kappa shape index (κ1) is 20.4. The van der Waals surface area contributed by atoms with E-state index in [1.54, 1.807) is 34.0 Å². The molecule has 0 saturated carbocycles. The molecule has 3 aromatic heterocycles. The Morgan fingerprint density at radius 1 is 1.10 bits per heavy atom. The van der Waals surface area contributed by atoms with Crippen molar-refractivity contribution in [2.45, 2.75) is 40.6 Å². The highest BCUT2D eigenvalue weighted by Crippen LogP contribution is 2.14. The minimum Gasteiger partial charge on any atom is -0.471 e. The maximum atomic E-state index is 12.5. The molecule has 0 aliphatic carbocycles. The highest BCUT2D eigenvalue weighted by atomic mass is 16.5. The lowest BCUT2D eigenvalue weighted by Crippen LogP contribution is -2.15. The van der Waals surface area contributed by atoms with Crippen molar-refractivity contribution in [2.24, 2.45) is 0 Å². The summed E-state index contributed by atoms with van der Waals surface area (Å²) in [4.78, 5) is 12.5. The number of carbonyl (C=O) groups is 1. The molecule has 9 heteroatoms. The molecule has 0 spiro atoms. The van der Waals surface area contributed by atoms with Crippen LogP contribution >= 0.6 is 0 Å². The third-order valence-electron chi connectivity index (χ3n) is 4.84. The standard InChI is InChI=1S/C22H25N7O2/c1-4-18-5-7-20(8-6-18)31-15-28-13-19(12-23-28)24-22(30)21-9-10-27(26-21)14-29-17(3)11-16(2)25-29/h5-13H,4,14-15H2,1-3H3,(H,24,30). The molecule has 0 fully saturated rings. The van der Waals surface area contributed by atoms with E-state index < -0.39 is 0 Å². The number of hydrogen-bond acceptors (Lipinski definition) is 5. The largest absolute Gasteiger partial charge is 0.471 e. The molecule has 9 nitrogen and oxygen atoms in total. The second-order valence-corrected chi connectivity index (χ2v) is 7.30. The highest BCUT2D eigenvalue weighted by Gasteiger charge is 2.12. The van der Waals surface area contributed by atoms with Gasteiger partial charge in [-0.25, -0.2) is 9.36 Å². The number of nitrogens with one attached hydrogen (secondary N) is 1. The van der Waals surface area contributed by atoms with E-state index >= 15 is 0 Å². The van der Waals surface area contributed by atoms with E-state index in [-0.39, 0.29) is 12.6 Å². The average molecular weight is 419 g/mol. The zero-order valence-electron chi connectivity index (χ0n) is 17.8. The minimum absolute atomic E-state index is 0.249. The van der Waals surface area contributed by atoms with Crippen molar-refractivity contribution < 1.29 is 9.53 Å². The van der Waals surface area contributed by atoms with Gasteiger partial charge in [0.25, 0.3) is 5.91 Å². The van der Waals surface area contributed by atoms with E-state index in [9.17, 15) is 4.79 Å². The molecule has 0 saturated heterocycles. The van der Waals surface area contributed by atoms with Crippen molar-refractivity contribution >= 4 is 11.6 Å². The van der Waals surface area contributed by atoms with Gasteiger partial charge in [0.15, 0.2) is 12.4 Å². The number of amides is 1. The van der Waals surface area contributed by atoms with Gasteiger partial charge in [-0.15, -0.1) is 0 Å². The first-order valence-corrected chi connectivity index (χ1v) is 10.1. The van der Waals surface area contributed by atoms with Crippen molar-refractivity contribution in [3.05, 3.63) is 77.6 Å². The third kappa shape index (κ3) is 5.00. The fourth-order valence-corrected chi connectivity index (χ4v) is 3.17. The van der Waals surface area contributed by atoms with Crippen molar-refractivity contribution in [1.82, 2.24) is 29.3 Å². The van der Waals surface area contributed by atoms with Crippen LogP contribution in [0.4, 0.5) is 5.69 Å². The molecular formula is C22H25N7O2. The quantitative estimate of drug-likeness (QED) is 0.473. The molecule has 160 valence electrons. The van der Waals surface area contributed by atoms with Crippen LogP contribution in [0.15, 0.2) is 55.0 Å². The molecule has 0 radical (unpaired) electrons. The van der Waals surface area contributed by atoms with Gasteiger partial charge in [0, 0.05) is 11.9 Å². The van der Waals surface area contributed by atoms with Crippen molar-refractivity contribution in [3.63, 3.8) is 0 Å². The van der Waals surface area contributed by atoms with Crippen LogP contribution in [0, 0.1) is 13.8 Å². The summed E-state index contributed by atoms with van der Waals surface area (Å²) in [7, 11) is 0. The van der Waals surface area contributed by atoms with Gasteiger partial charge in [-0.2, -0.15) is 15.3 Å². The van der Waals surface area contributed by atoms with E-state index in [4.69, 9.17) is 4.74 Å². The summed E-state index contributed by atoms with van der Waals surface area (Å²) in [5.41, 5.74) is 4.13. The Morgan fingerprint density at radius 3 is 2.61 bits per heavy atom. The molecule has 0 aliphatic heterocycles. The van der Waals surface area contributed by atoms with Crippen LogP contribution in [0.1, 0.15) is 34.4 Å². The van der Waals surface area contributed by atoms with Gasteiger partial charge in [0.1, 0.15) is 12.4 Å². The molecule has 4 aromatic rings. The highest BCUT2D eigenvalue weighted by molar-refractivity contribution is 6.02. The van der Waals surface area contributed by atoms with Crippen LogP contribution in [0.5, 0.6) is 5.75 Å². The Hall–Kier alpha value is -3.88. The second kappa shape index (κ2) is 8.86. The van der Waals surface area contributed by atoms with E-state index in [0.717, 1.165) is 23.6 Å². The zero-order chi connectivity index (χ0) is 21.8. The number of benzene rings is 1. The summed E-state index contributed by atoms with van der Waals surface area (Å²) in [6.45, 7) is 6.73. The lowest BCUT2D eigenvalue weighted by atomic mass is 10.2. The van der Waals surface area contributed by atoms with Crippen LogP contribution in [-0.2, 0) is 19.8 Å².